The minimum Gasteiger partial charge on any atom is -0.375 e. The van der Waals surface area contributed by atoms with Crippen LogP contribution in [0.4, 0.5) is 10.1 Å². The molecule has 0 fully saturated rings. The lowest BCUT2D eigenvalue weighted by Crippen LogP contribution is -2.41. The van der Waals surface area contributed by atoms with E-state index in [1.807, 2.05) is 24.3 Å². The van der Waals surface area contributed by atoms with Crippen LogP contribution in [-0.2, 0) is 16.9 Å². The zero-order valence-electron chi connectivity index (χ0n) is 15.3. The number of hydrogen-bond donors (Lipinski definition) is 1. The molecule has 3 aromatic carbocycles. The molecular weight excluding hydrogens is 437 g/mol. The first-order valence-corrected chi connectivity index (χ1v) is 9.85. The number of Topliss-reactive ketones (excluding diaryl/α,β-unsaturated/α-hetero) is 1. The summed E-state index contributed by atoms with van der Waals surface area (Å²) in [5.74, 6) is -1.43. The number of hydrogen-bond acceptors (Lipinski definition) is 3. The smallest absolute Gasteiger partial charge is 0.264 e. The van der Waals surface area contributed by atoms with Crippen LogP contribution >= 0.6 is 15.9 Å². The number of fused-ring (bicyclic) bond motifs is 1. The highest BCUT2D eigenvalue weighted by Gasteiger charge is 2.50. The van der Waals surface area contributed by atoms with Crippen molar-refractivity contribution >= 4 is 33.3 Å². The number of carbonyl (C=O) groups excluding carboxylic acids is 2. The molecular formula is C23H17BrFNO3. The van der Waals surface area contributed by atoms with Gasteiger partial charge in [0.2, 0.25) is 0 Å². The van der Waals surface area contributed by atoms with E-state index in [0.29, 0.717) is 11.3 Å². The highest BCUT2D eigenvalue weighted by molar-refractivity contribution is 9.10. The highest BCUT2D eigenvalue weighted by atomic mass is 79.9. The van der Waals surface area contributed by atoms with Crippen LogP contribution in [0.25, 0.3) is 0 Å². The Kier molecular flexibility index (Phi) is 5.06. The van der Waals surface area contributed by atoms with Gasteiger partial charge in [0, 0.05) is 15.6 Å². The molecule has 0 radical (unpaired) electrons. The van der Waals surface area contributed by atoms with Gasteiger partial charge in [0.1, 0.15) is 5.82 Å². The second kappa shape index (κ2) is 7.54. The van der Waals surface area contributed by atoms with Gasteiger partial charge < -0.3 is 10.0 Å². The number of para-hydroxylation sites is 1. The number of anilines is 1. The summed E-state index contributed by atoms with van der Waals surface area (Å²) >= 11 is 3.39. The van der Waals surface area contributed by atoms with E-state index in [4.69, 9.17) is 0 Å². The van der Waals surface area contributed by atoms with Crippen molar-refractivity contribution in [2.45, 2.75) is 18.6 Å². The van der Waals surface area contributed by atoms with Crippen molar-refractivity contribution in [3.8, 4) is 0 Å². The Labute approximate surface area is 175 Å². The van der Waals surface area contributed by atoms with E-state index in [1.165, 1.54) is 29.2 Å². The molecule has 3 aromatic rings. The highest BCUT2D eigenvalue weighted by Crippen LogP contribution is 2.43. The number of amides is 1. The maximum Gasteiger partial charge on any atom is 0.264 e. The molecule has 0 aliphatic carbocycles. The van der Waals surface area contributed by atoms with Crippen molar-refractivity contribution < 1.29 is 19.1 Å². The van der Waals surface area contributed by atoms with Gasteiger partial charge in [-0.15, -0.1) is 0 Å². The Morgan fingerprint density at radius 3 is 2.34 bits per heavy atom. The molecule has 146 valence electrons. The second-order valence-corrected chi connectivity index (χ2v) is 7.92. The zero-order valence-corrected chi connectivity index (χ0v) is 16.9. The van der Waals surface area contributed by atoms with E-state index < -0.39 is 29.5 Å². The quantitative estimate of drug-likeness (QED) is 0.574. The fourth-order valence-corrected chi connectivity index (χ4v) is 3.84. The van der Waals surface area contributed by atoms with Crippen LogP contribution in [0, 0.1) is 5.82 Å². The summed E-state index contributed by atoms with van der Waals surface area (Å²) in [7, 11) is 0. The van der Waals surface area contributed by atoms with E-state index in [9.17, 15) is 19.1 Å². The fraction of sp³-hybridized carbons (Fsp3) is 0.130. The topological polar surface area (TPSA) is 57.6 Å². The summed E-state index contributed by atoms with van der Waals surface area (Å²) in [6.07, 6.45) is -0.411. The van der Waals surface area contributed by atoms with Gasteiger partial charge in [0.25, 0.3) is 5.91 Å². The number of benzene rings is 3. The van der Waals surface area contributed by atoms with Gasteiger partial charge in [-0.3, -0.25) is 9.59 Å². The molecule has 6 heteroatoms. The molecule has 4 rings (SSSR count). The lowest BCUT2D eigenvalue weighted by molar-refractivity contribution is -0.136. The number of halogens is 2. The minimum absolute atomic E-state index is 0.247. The Morgan fingerprint density at radius 1 is 1.00 bits per heavy atom. The molecule has 1 unspecified atom stereocenters. The van der Waals surface area contributed by atoms with Crippen LogP contribution in [0.15, 0.2) is 77.3 Å². The predicted molar refractivity (Wildman–Crippen MR) is 111 cm³/mol. The number of aliphatic hydroxyl groups is 1. The molecule has 1 amide bonds. The minimum atomic E-state index is -1.96. The number of rotatable bonds is 5. The summed E-state index contributed by atoms with van der Waals surface area (Å²) in [4.78, 5) is 27.4. The van der Waals surface area contributed by atoms with Crippen molar-refractivity contribution in [1.29, 1.82) is 0 Å². The third kappa shape index (κ3) is 3.61. The van der Waals surface area contributed by atoms with Crippen molar-refractivity contribution in [3.05, 3.63) is 99.8 Å². The number of nitrogens with zero attached hydrogens (tertiary/aromatic N) is 1. The van der Waals surface area contributed by atoms with E-state index in [1.54, 1.807) is 24.3 Å². The molecule has 0 saturated heterocycles. The van der Waals surface area contributed by atoms with Gasteiger partial charge in [0.05, 0.1) is 18.7 Å². The first-order valence-electron chi connectivity index (χ1n) is 9.05. The van der Waals surface area contributed by atoms with E-state index >= 15 is 0 Å². The normalized spacial score (nSPS) is 18.0. The molecule has 1 aliphatic rings. The molecule has 0 saturated carbocycles. The first kappa shape index (κ1) is 19.5. The van der Waals surface area contributed by atoms with E-state index in [-0.39, 0.29) is 12.1 Å². The first-order chi connectivity index (χ1) is 13.9. The van der Waals surface area contributed by atoms with Crippen molar-refractivity contribution in [2.75, 3.05) is 4.90 Å². The van der Waals surface area contributed by atoms with Crippen molar-refractivity contribution in [2.24, 2.45) is 0 Å². The average molecular weight is 454 g/mol. The predicted octanol–water partition coefficient (Wildman–Crippen LogP) is 4.60. The summed E-state index contributed by atoms with van der Waals surface area (Å²) in [5, 5.41) is 11.3. The lowest BCUT2D eigenvalue weighted by atomic mass is 9.88. The molecule has 4 nitrogen and oxygen atoms in total. The van der Waals surface area contributed by atoms with Crippen LogP contribution in [0.5, 0.6) is 0 Å². The summed E-state index contributed by atoms with van der Waals surface area (Å²) in [5.41, 5.74) is 0.159. The summed E-state index contributed by atoms with van der Waals surface area (Å²) in [6, 6.07) is 19.5. The van der Waals surface area contributed by atoms with Gasteiger partial charge in [0.15, 0.2) is 11.4 Å². The van der Waals surface area contributed by atoms with Gasteiger partial charge in [-0.25, -0.2) is 4.39 Å². The van der Waals surface area contributed by atoms with Crippen molar-refractivity contribution in [3.63, 3.8) is 0 Å². The standard InChI is InChI=1S/C23H17BrFNO3/c24-17-9-5-15(6-10-17)14-26-20-4-2-1-3-19(20)23(29,22(26)28)13-21(27)16-7-11-18(25)12-8-16/h1-12,29H,13-14H2. The van der Waals surface area contributed by atoms with Crippen LogP contribution in [0.1, 0.15) is 27.9 Å². The molecule has 1 N–H and O–H groups in total. The summed E-state index contributed by atoms with van der Waals surface area (Å²) < 4.78 is 14.1. The van der Waals surface area contributed by atoms with Gasteiger partial charge >= 0.3 is 0 Å². The maximum atomic E-state index is 13.2. The lowest BCUT2D eigenvalue weighted by Gasteiger charge is -2.23. The van der Waals surface area contributed by atoms with Gasteiger partial charge in [-0.05, 0) is 48.0 Å². The van der Waals surface area contributed by atoms with Gasteiger partial charge in [-0.1, -0.05) is 46.3 Å². The van der Waals surface area contributed by atoms with E-state index in [0.717, 1.165) is 10.0 Å². The number of carbonyl (C=O) groups is 2. The Morgan fingerprint density at radius 2 is 1.66 bits per heavy atom. The van der Waals surface area contributed by atoms with Gasteiger partial charge in [-0.2, -0.15) is 0 Å². The van der Waals surface area contributed by atoms with Crippen LogP contribution in [0.2, 0.25) is 0 Å². The molecule has 1 atom stereocenters. The SMILES string of the molecule is O=C(CC1(O)C(=O)N(Cc2ccc(Br)cc2)c2ccccc21)c1ccc(F)cc1. The molecule has 1 aliphatic heterocycles. The second-order valence-electron chi connectivity index (χ2n) is 7.00. The van der Waals surface area contributed by atoms with Crippen LogP contribution < -0.4 is 4.90 Å². The maximum absolute atomic E-state index is 13.2. The molecule has 0 spiro atoms. The Bertz CT molecular complexity index is 1080. The Hall–Kier alpha value is -2.83. The van der Waals surface area contributed by atoms with Crippen LogP contribution in [-0.4, -0.2) is 16.8 Å². The fourth-order valence-electron chi connectivity index (χ4n) is 3.58. The van der Waals surface area contributed by atoms with Crippen LogP contribution in [0.3, 0.4) is 0 Å². The third-order valence-corrected chi connectivity index (χ3v) is 5.60. The monoisotopic (exact) mass is 453 g/mol. The molecule has 0 bridgehead atoms. The van der Waals surface area contributed by atoms with Crippen molar-refractivity contribution in [1.82, 2.24) is 0 Å². The third-order valence-electron chi connectivity index (χ3n) is 5.08. The summed E-state index contributed by atoms with van der Waals surface area (Å²) in [6.45, 7) is 0.274. The zero-order chi connectivity index (χ0) is 20.6. The number of ketones is 1. The average Bonchev–Trinajstić information content (AvgIpc) is 2.92. The largest absolute Gasteiger partial charge is 0.375 e. The Balaban J connectivity index is 1.66. The molecule has 1 heterocycles. The molecule has 29 heavy (non-hydrogen) atoms. The molecule has 0 aromatic heterocycles. The van der Waals surface area contributed by atoms with E-state index in [2.05, 4.69) is 15.9 Å².